The molecule has 1 saturated heterocycles. The van der Waals surface area contributed by atoms with Gasteiger partial charge in [0.1, 0.15) is 5.75 Å². The molecule has 2 N–H and O–H groups in total. The smallest absolute Gasteiger partial charge is 0.290 e. The fourth-order valence-electron chi connectivity index (χ4n) is 3.20. The third kappa shape index (κ3) is 6.38. The molecule has 0 unspecified atom stereocenters. The molecule has 2 aromatic rings. The maximum Gasteiger partial charge on any atom is 0.290 e. The van der Waals surface area contributed by atoms with Crippen LogP contribution in [0.25, 0.3) is 0 Å². The summed E-state index contributed by atoms with van der Waals surface area (Å²) in [6.07, 6.45) is 5.56. The highest BCUT2D eigenvalue weighted by molar-refractivity contribution is 5.78. The van der Waals surface area contributed by atoms with Crippen molar-refractivity contribution in [2.45, 2.75) is 25.9 Å². The molecule has 1 aromatic carbocycles. The van der Waals surface area contributed by atoms with E-state index in [1.54, 1.807) is 7.11 Å². The van der Waals surface area contributed by atoms with Crippen molar-refractivity contribution in [3.63, 3.8) is 0 Å². The van der Waals surface area contributed by atoms with Crippen LogP contribution in [-0.4, -0.2) is 52.1 Å². The number of rotatable bonds is 6. The van der Waals surface area contributed by atoms with Crippen LogP contribution in [0.1, 0.15) is 24.1 Å². The number of methoxy groups -OCH3 is 1. The first kappa shape index (κ1) is 21.4. The van der Waals surface area contributed by atoms with E-state index in [4.69, 9.17) is 14.6 Å². The molecule has 1 aliphatic heterocycles. The van der Waals surface area contributed by atoms with Crippen molar-refractivity contribution in [3.8, 4) is 5.75 Å². The molecule has 1 aliphatic rings. The third-order valence-corrected chi connectivity index (χ3v) is 4.89. The molecule has 2 heterocycles. The molecule has 0 bridgehead atoms. The highest BCUT2D eigenvalue weighted by Gasteiger charge is 2.25. The molecule has 3 rings (SSSR count). The molecule has 1 aromatic heterocycles. The summed E-state index contributed by atoms with van der Waals surface area (Å²) in [7, 11) is 3.67. The van der Waals surface area contributed by atoms with Crippen LogP contribution in [0.15, 0.2) is 36.8 Å². The third-order valence-electron chi connectivity index (χ3n) is 4.89. The van der Waals surface area contributed by atoms with Crippen LogP contribution in [0.2, 0.25) is 0 Å². The number of nitrogens with one attached hydrogen (secondary N) is 1. The largest absolute Gasteiger partial charge is 0.497 e. The zero-order valence-corrected chi connectivity index (χ0v) is 16.4. The number of piperidine rings is 1. The number of likely N-dealkylation sites (tertiary alicyclic amines) is 1. The Morgan fingerprint density at radius 3 is 2.50 bits per heavy atom. The number of aryl methyl sites for hydroxylation is 1. The summed E-state index contributed by atoms with van der Waals surface area (Å²) in [5, 5.41) is 9.95. The van der Waals surface area contributed by atoms with E-state index in [0.29, 0.717) is 6.54 Å². The molecular weight excluding hydrogens is 360 g/mol. The summed E-state index contributed by atoms with van der Waals surface area (Å²) in [6, 6.07) is 7.79. The fraction of sp³-hybridized carbons (Fsp3) is 0.450. The van der Waals surface area contributed by atoms with Gasteiger partial charge in [-0.05, 0) is 43.6 Å². The van der Waals surface area contributed by atoms with Gasteiger partial charge in [-0.25, -0.2) is 4.98 Å². The summed E-state index contributed by atoms with van der Waals surface area (Å²) in [6.45, 7) is 3.12. The summed E-state index contributed by atoms with van der Waals surface area (Å²) in [5.41, 5.74) is 2.30. The van der Waals surface area contributed by atoms with Gasteiger partial charge in [0.2, 0.25) is 5.91 Å². The van der Waals surface area contributed by atoms with E-state index >= 15 is 0 Å². The van der Waals surface area contributed by atoms with Crippen molar-refractivity contribution in [2.75, 3.05) is 20.2 Å². The zero-order chi connectivity index (χ0) is 20.4. The number of aromatic nitrogens is 2. The fourth-order valence-corrected chi connectivity index (χ4v) is 3.20. The lowest BCUT2D eigenvalue weighted by Crippen LogP contribution is -2.40. The van der Waals surface area contributed by atoms with E-state index in [1.807, 2.05) is 48.4 Å². The first-order chi connectivity index (χ1) is 13.6. The SMILES string of the molecule is COc1ccc(CNC(=O)C2CCN(Cc3cncn3C)CC2)cc1.O=CO. The standard InChI is InChI=1S/C19H26N4O2.CH2O2/c1-22-14-20-12-17(22)13-23-9-7-16(8-10-23)19(24)21-11-15-3-5-18(25-2)6-4-15;2-1-3/h3-6,12,14,16H,7-11,13H2,1-2H3,(H,21,24);1H,(H,2,3). The molecule has 0 saturated carbocycles. The molecule has 0 aliphatic carbocycles. The number of hydrogen-bond donors (Lipinski definition) is 2. The van der Waals surface area contributed by atoms with Gasteiger partial charge in [0.05, 0.1) is 19.1 Å². The quantitative estimate of drug-likeness (QED) is 0.731. The van der Waals surface area contributed by atoms with Crippen molar-refractivity contribution in [3.05, 3.63) is 48.0 Å². The van der Waals surface area contributed by atoms with Crippen LogP contribution in [0.4, 0.5) is 0 Å². The number of carbonyl (C=O) groups excluding carboxylic acids is 1. The summed E-state index contributed by atoms with van der Waals surface area (Å²) in [5.74, 6) is 1.10. The minimum absolute atomic E-state index is 0.112. The second-order valence-electron chi connectivity index (χ2n) is 6.72. The average Bonchev–Trinajstić information content (AvgIpc) is 3.12. The lowest BCUT2D eigenvalue weighted by atomic mass is 9.95. The predicted molar refractivity (Wildman–Crippen MR) is 105 cm³/mol. The molecule has 1 amide bonds. The Balaban J connectivity index is 0.000000878. The van der Waals surface area contributed by atoms with Crippen LogP contribution >= 0.6 is 0 Å². The number of amides is 1. The predicted octanol–water partition coefficient (Wildman–Crippen LogP) is 1.66. The normalized spacial score (nSPS) is 14.6. The monoisotopic (exact) mass is 388 g/mol. The number of benzene rings is 1. The second-order valence-corrected chi connectivity index (χ2v) is 6.72. The number of ether oxygens (including phenoxy) is 1. The van der Waals surface area contributed by atoms with Crippen molar-refractivity contribution >= 4 is 12.4 Å². The van der Waals surface area contributed by atoms with Crippen molar-refractivity contribution in [1.29, 1.82) is 0 Å². The average molecular weight is 388 g/mol. The topological polar surface area (TPSA) is 96.7 Å². The van der Waals surface area contributed by atoms with Gasteiger partial charge < -0.3 is 19.7 Å². The van der Waals surface area contributed by atoms with Crippen LogP contribution in [0, 0.1) is 5.92 Å². The lowest BCUT2D eigenvalue weighted by molar-refractivity contribution is -0.126. The van der Waals surface area contributed by atoms with E-state index in [1.165, 1.54) is 5.69 Å². The molecule has 152 valence electrons. The van der Waals surface area contributed by atoms with Gasteiger partial charge in [-0.2, -0.15) is 0 Å². The van der Waals surface area contributed by atoms with Gasteiger partial charge in [-0.3, -0.25) is 14.5 Å². The molecule has 0 radical (unpaired) electrons. The van der Waals surface area contributed by atoms with Gasteiger partial charge in [0, 0.05) is 32.3 Å². The van der Waals surface area contributed by atoms with Crippen LogP contribution < -0.4 is 10.1 Å². The first-order valence-corrected chi connectivity index (χ1v) is 9.23. The molecule has 8 nitrogen and oxygen atoms in total. The van der Waals surface area contributed by atoms with E-state index in [-0.39, 0.29) is 18.3 Å². The molecule has 1 fully saturated rings. The molecular formula is C20H28N4O4. The highest BCUT2D eigenvalue weighted by Crippen LogP contribution is 2.19. The summed E-state index contributed by atoms with van der Waals surface area (Å²) < 4.78 is 7.20. The van der Waals surface area contributed by atoms with E-state index in [2.05, 4.69) is 15.2 Å². The van der Waals surface area contributed by atoms with Crippen molar-refractivity contribution < 1.29 is 19.4 Å². The molecule has 8 heteroatoms. The number of carbonyl (C=O) groups is 2. The van der Waals surface area contributed by atoms with E-state index in [9.17, 15) is 4.79 Å². The van der Waals surface area contributed by atoms with Crippen LogP contribution in [0.5, 0.6) is 5.75 Å². The van der Waals surface area contributed by atoms with Gasteiger partial charge >= 0.3 is 0 Å². The van der Waals surface area contributed by atoms with Crippen LogP contribution in [-0.2, 0) is 29.7 Å². The minimum Gasteiger partial charge on any atom is -0.497 e. The van der Waals surface area contributed by atoms with Crippen LogP contribution in [0.3, 0.4) is 0 Å². The van der Waals surface area contributed by atoms with Gasteiger partial charge in [0.25, 0.3) is 6.47 Å². The second kappa shape index (κ2) is 11.1. The number of carboxylic acid groups (broad SMARTS) is 1. The van der Waals surface area contributed by atoms with E-state index < -0.39 is 0 Å². The van der Waals surface area contributed by atoms with Crippen molar-refractivity contribution in [2.24, 2.45) is 13.0 Å². The minimum atomic E-state index is -0.250. The van der Waals surface area contributed by atoms with E-state index in [0.717, 1.165) is 43.8 Å². The molecule has 28 heavy (non-hydrogen) atoms. The first-order valence-electron chi connectivity index (χ1n) is 9.23. The highest BCUT2D eigenvalue weighted by atomic mass is 16.5. The summed E-state index contributed by atoms with van der Waals surface area (Å²) >= 11 is 0. The van der Waals surface area contributed by atoms with Gasteiger partial charge in [0.15, 0.2) is 0 Å². The Morgan fingerprint density at radius 1 is 1.32 bits per heavy atom. The summed E-state index contributed by atoms with van der Waals surface area (Å²) in [4.78, 5) is 27.3. The molecule has 0 atom stereocenters. The number of nitrogens with zero attached hydrogens (tertiary/aromatic N) is 3. The van der Waals surface area contributed by atoms with Gasteiger partial charge in [-0.1, -0.05) is 12.1 Å². The zero-order valence-electron chi connectivity index (χ0n) is 16.4. The Bertz CT molecular complexity index is 737. The maximum atomic E-state index is 12.4. The number of hydrogen-bond acceptors (Lipinski definition) is 5. The molecule has 0 spiro atoms. The van der Waals surface area contributed by atoms with Crippen molar-refractivity contribution in [1.82, 2.24) is 19.8 Å². The maximum absolute atomic E-state index is 12.4. The Morgan fingerprint density at radius 2 is 1.96 bits per heavy atom. The Kier molecular flexibility index (Phi) is 8.48. The van der Waals surface area contributed by atoms with Gasteiger partial charge in [-0.15, -0.1) is 0 Å². The Hall–Kier alpha value is -2.87. The lowest BCUT2D eigenvalue weighted by Gasteiger charge is -2.31. The Labute approximate surface area is 165 Å². The number of imidazole rings is 1.